The Labute approximate surface area is 98.6 Å². The Morgan fingerprint density at radius 3 is 2.67 bits per heavy atom. The fourth-order valence-electron chi connectivity index (χ4n) is 1.27. The van der Waals surface area contributed by atoms with Crippen LogP contribution in [-0.2, 0) is 4.79 Å². The van der Waals surface area contributed by atoms with Gasteiger partial charge < -0.3 is 10.2 Å². The Hall–Kier alpha value is -1.03. The molecular weight excluding hydrogens is 256 g/mol. The molecule has 1 rings (SSSR count). The van der Waals surface area contributed by atoms with E-state index in [1.54, 1.807) is 0 Å². The van der Waals surface area contributed by atoms with Crippen LogP contribution in [0.1, 0.15) is 6.42 Å². The molecule has 4 heteroatoms. The number of para-hydroxylation sites is 2. The van der Waals surface area contributed by atoms with E-state index in [9.17, 15) is 4.79 Å². The van der Waals surface area contributed by atoms with Crippen molar-refractivity contribution in [3.8, 4) is 0 Å². The van der Waals surface area contributed by atoms with Crippen molar-refractivity contribution in [1.82, 2.24) is 0 Å². The van der Waals surface area contributed by atoms with Crippen LogP contribution in [0.25, 0.3) is 0 Å². The SMILES string of the molecule is CN(C)c1ccccc1NC(=O)CCBr. The standard InChI is InChI=1S/C11H15BrN2O/c1-14(2)10-6-4-3-5-9(10)13-11(15)7-8-12/h3-6H,7-8H2,1-2H3,(H,13,15). The highest BCUT2D eigenvalue weighted by Gasteiger charge is 2.06. The molecule has 0 atom stereocenters. The van der Waals surface area contributed by atoms with Crippen molar-refractivity contribution >= 4 is 33.2 Å². The van der Waals surface area contributed by atoms with E-state index >= 15 is 0 Å². The van der Waals surface area contributed by atoms with Crippen molar-refractivity contribution in [3.05, 3.63) is 24.3 Å². The van der Waals surface area contributed by atoms with E-state index in [1.807, 2.05) is 43.3 Å². The van der Waals surface area contributed by atoms with E-state index in [0.717, 1.165) is 11.4 Å². The van der Waals surface area contributed by atoms with Crippen LogP contribution in [-0.4, -0.2) is 25.3 Å². The van der Waals surface area contributed by atoms with Crippen LogP contribution in [0.5, 0.6) is 0 Å². The third-order valence-electron chi connectivity index (χ3n) is 1.98. The van der Waals surface area contributed by atoms with Crippen molar-refractivity contribution in [2.75, 3.05) is 29.6 Å². The van der Waals surface area contributed by atoms with Crippen LogP contribution in [0.15, 0.2) is 24.3 Å². The monoisotopic (exact) mass is 270 g/mol. The summed E-state index contributed by atoms with van der Waals surface area (Å²) in [7, 11) is 3.91. The Bertz CT molecular complexity index is 339. The van der Waals surface area contributed by atoms with E-state index < -0.39 is 0 Å². The minimum absolute atomic E-state index is 0.0289. The Balaban J connectivity index is 2.80. The number of alkyl halides is 1. The first-order valence-electron chi connectivity index (χ1n) is 4.77. The Morgan fingerprint density at radius 2 is 2.07 bits per heavy atom. The molecule has 0 saturated carbocycles. The van der Waals surface area contributed by atoms with Gasteiger partial charge in [0.1, 0.15) is 0 Å². The van der Waals surface area contributed by atoms with Crippen molar-refractivity contribution < 1.29 is 4.79 Å². The van der Waals surface area contributed by atoms with Crippen LogP contribution >= 0.6 is 15.9 Å². The molecule has 82 valence electrons. The number of nitrogens with zero attached hydrogens (tertiary/aromatic N) is 1. The zero-order valence-corrected chi connectivity index (χ0v) is 10.5. The normalized spacial score (nSPS) is 9.80. The maximum atomic E-state index is 11.4. The van der Waals surface area contributed by atoms with Gasteiger partial charge in [-0.25, -0.2) is 0 Å². The number of hydrogen-bond acceptors (Lipinski definition) is 2. The summed E-state index contributed by atoms with van der Waals surface area (Å²) in [5, 5.41) is 3.57. The van der Waals surface area contributed by atoms with Gasteiger partial charge >= 0.3 is 0 Å². The molecule has 0 fully saturated rings. The van der Waals surface area contributed by atoms with Gasteiger partial charge in [0.15, 0.2) is 0 Å². The fraction of sp³-hybridized carbons (Fsp3) is 0.364. The summed E-state index contributed by atoms with van der Waals surface area (Å²) >= 11 is 3.24. The molecule has 0 aromatic heterocycles. The molecule has 3 nitrogen and oxygen atoms in total. The summed E-state index contributed by atoms with van der Waals surface area (Å²) in [6, 6.07) is 7.75. The van der Waals surface area contributed by atoms with E-state index in [2.05, 4.69) is 21.2 Å². The largest absolute Gasteiger partial charge is 0.376 e. The predicted octanol–water partition coefficient (Wildman–Crippen LogP) is 2.48. The summed E-state index contributed by atoms with van der Waals surface area (Å²) in [4.78, 5) is 13.4. The molecular formula is C11H15BrN2O. The van der Waals surface area contributed by atoms with Gasteiger partial charge in [-0.1, -0.05) is 28.1 Å². The molecule has 0 unspecified atom stereocenters. The number of hydrogen-bond donors (Lipinski definition) is 1. The molecule has 1 amide bonds. The van der Waals surface area contributed by atoms with Crippen LogP contribution < -0.4 is 10.2 Å². The number of carbonyl (C=O) groups excluding carboxylic acids is 1. The molecule has 0 spiro atoms. The van der Waals surface area contributed by atoms with Gasteiger partial charge in [-0.3, -0.25) is 4.79 Å². The van der Waals surface area contributed by atoms with Crippen molar-refractivity contribution in [3.63, 3.8) is 0 Å². The van der Waals surface area contributed by atoms with Crippen LogP contribution in [0.4, 0.5) is 11.4 Å². The summed E-state index contributed by atoms with van der Waals surface area (Å²) in [5.41, 5.74) is 1.87. The minimum atomic E-state index is 0.0289. The molecule has 0 heterocycles. The Morgan fingerprint density at radius 1 is 1.40 bits per heavy atom. The second-order valence-electron chi connectivity index (χ2n) is 3.40. The maximum absolute atomic E-state index is 11.4. The third-order valence-corrected chi connectivity index (χ3v) is 2.38. The summed E-state index contributed by atoms with van der Waals surface area (Å²) in [6.07, 6.45) is 0.488. The number of anilines is 2. The molecule has 0 radical (unpaired) electrons. The first-order valence-corrected chi connectivity index (χ1v) is 5.89. The van der Waals surface area contributed by atoms with E-state index in [1.165, 1.54) is 0 Å². The second kappa shape index (κ2) is 5.75. The summed E-state index contributed by atoms with van der Waals surface area (Å²) in [6.45, 7) is 0. The lowest BCUT2D eigenvalue weighted by Gasteiger charge is -2.17. The van der Waals surface area contributed by atoms with Gasteiger partial charge in [-0.15, -0.1) is 0 Å². The van der Waals surface area contributed by atoms with Gasteiger partial charge in [0.2, 0.25) is 5.91 Å². The van der Waals surface area contributed by atoms with Crippen molar-refractivity contribution in [2.45, 2.75) is 6.42 Å². The molecule has 1 aromatic rings. The van der Waals surface area contributed by atoms with Crippen LogP contribution in [0.3, 0.4) is 0 Å². The van der Waals surface area contributed by atoms with Gasteiger partial charge in [0.25, 0.3) is 0 Å². The summed E-state index contributed by atoms with van der Waals surface area (Å²) < 4.78 is 0. The van der Waals surface area contributed by atoms with Crippen LogP contribution in [0, 0.1) is 0 Å². The predicted molar refractivity (Wildman–Crippen MR) is 67.8 cm³/mol. The number of carbonyl (C=O) groups is 1. The first kappa shape index (κ1) is 12.0. The van der Waals surface area contributed by atoms with Crippen LogP contribution in [0.2, 0.25) is 0 Å². The topological polar surface area (TPSA) is 32.3 Å². The third kappa shape index (κ3) is 3.55. The highest BCUT2D eigenvalue weighted by atomic mass is 79.9. The van der Waals surface area contributed by atoms with Gasteiger partial charge in [0.05, 0.1) is 11.4 Å². The van der Waals surface area contributed by atoms with E-state index in [0.29, 0.717) is 11.8 Å². The molecule has 0 aliphatic heterocycles. The quantitative estimate of drug-likeness (QED) is 0.853. The van der Waals surface area contributed by atoms with Gasteiger partial charge in [0, 0.05) is 25.8 Å². The smallest absolute Gasteiger partial charge is 0.225 e. The average Bonchev–Trinajstić information content (AvgIpc) is 2.18. The molecule has 0 aliphatic rings. The lowest BCUT2D eigenvalue weighted by molar-refractivity contribution is -0.115. The minimum Gasteiger partial charge on any atom is -0.376 e. The number of amides is 1. The maximum Gasteiger partial charge on any atom is 0.225 e. The molecule has 1 aromatic carbocycles. The average molecular weight is 271 g/mol. The number of nitrogens with one attached hydrogen (secondary N) is 1. The Kier molecular flexibility index (Phi) is 4.62. The lowest BCUT2D eigenvalue weighted by atomic mass is 10.2. The lowest BCUT2D eigenvalue weighted by Crippen LogP contribution is -2.16. The van der Waals surface area contributed by atoms with E-state index in [-0.39, 0.29) is 5.91 Å². The zero-order chi connectivity index (χ0) is 11.3. The van der Waals surface area contributed by atoms with Gasteiger partial charge in [-0.2, -0.15) is 0 Å². The first-order chi connectivity index (χ1) is 7.15. The molecule has 15 heavy (non-hydrogen) atoms. The summed E-state index contributed by atoms with van der Waals surface area (Å²) in [5.74, 6) is 0.0289. The number of benzene rings is 1. The van der Waals surface area contributed by atoms with Gasteiger partial charge in [-0.05, 0) is 12.1 Å². The molecule has 0 aliphatic carbocycles. The zero-order valence-electron chi connectivity index (χ0n) is 8.96. The molecule has 0 saturated heterocycles. The second-order valence-corrected chi connectivity index (χ2v) is 4.19. The fourth-order valence-corrected chi connectivity index (χ4v) is 1.63. The van der Waals surface area contributed by atoms with Crippen molar-refractivity contribution in [1.29, 1.82) is 0 Å². The molecule has 1 N–H and O–H groups in total. The number of rotatable bonds is 4. The highest BCUT2D eigenvalue weighted by molar-refractivity contribution is 9.09. The van der Waals surface area contributed by atoms with Crippen molar-refractivity contribution in [2.24, 2.45) is 0 Å². The number of halogens is 1. The van der Waals surface area contributed by atoms with E-state index in [4.69, 9.17) is 0 Å². The highest BCUT2D eigenvalue weighted by Crippen LogP contribution is 2.23. The molecule has 0 bridgehead atoms.